The zero-order valence-electron chi connectivity index (χ0n) is 19.0. The minimum Gasteiger partial charge on any atom is -0.494 e. The zero-order chi connectivity index (χ0) is 23.7. The van der Waals surface area contributed by atoms with Crippen LogP contribution in [0, 0.1) is 0 Å². The number of anilines is 2. The molecule has 0 unspecified atom stereocenters. The first-order chi connectivity index (χ1) is 16.5. The van der Waals surface area contributed by atoms with Crippen LogP contribution in [-0.2, 0) is 0 Å². The molecular weight excluding hydrogens is 426 g/mol. The molecule has 0 spiro atoms. The minimum atomic E-state index is -0.347. The lowest BCUT2D eigenvalue weighted by atomic mass is 9.99. The molecule has 172 valence electrons. The number of aromatic hydroxyl groups is 1. The molecule has 0 atom stereocenters. The van der Waals surface area contributed by atoms with Gasteiger partial charge in [0.15, 0.2) is 0 Å². The molecule has 2 heterocycles. The molecule has 3 aromatic carbocycles. The van der Waals surface area contributed by atoms with Crippen molar-refractivity contribution < 1.29 is 5.11 Å². The number of hydrogen-bond acceptors (Lipinski definition) is 6. The molecule has 4 aromatic rings. The van der Waals surface area contributed by atoms with Gasteiger partial charge in [-0.15, -0.1) is 0 Å². The summed E-state index contributed by atoms with van der Waals surface area (Å²) in [4.78, 5) is 24.2. The van der Waals surface area contributed by atoms with Gasteiger partial charge in [-0.05, 0) is 66.7 Å². The van der Waals surface area contributed by atoms with E-state index >= 15 is 0 Å². The molecule has 0 bridgehead atoms. The van der Waals surface area contributed by atoms with Crippen molar-refractivity contribution in [3.63, 3.8) is 0 Å². The highest BCUT2D eigenvalue weighted by atomic mass is 16.3. The summed E-state index contributed by atoms with van der Waals surface area (Å²) in [6.45, 7) is 4.11. The van der Waals surface area contributed by atoms with Gasteiger partial charge in [0.25, 0.3) is 5.56 Å². The second-order valence-electron chi connectivity index (χ2n) is 8.67. The van der Waals surface area contributed by atoms with Crippen LogP contribution in [0.5, 0.6) is 5.88 Å². The third kappa shape index (κ3) is 4.38. The molecule has 34 heavy (non-hydrogen) atoms. The number of nitrogens with one attached hydrogen (secondary N) is 1. The molecule has 1 saturated heterocycles. The van der Waals surface area contributed by atoms with Crippen LogP contribution in [-0.4, -0.2) is 54.4 Å². The maximum absolute atomic E-state index is 12.4. The number of aromatic amines is 1. The molecule has 1 aliphatic rings. The summed E-state index contributed by atoms with van der Waals surface area (Å²) in [6, 6.07) is 21.1. The van der Waals surface area contributed by atoms with Crippen LogP contribution >= 0.6 is 0 Å². The van der Waals surface area contributed by atoms with Crippen LogP contribution in [0.2, 0.25) is 0 Å². The van der Waals surface area contributed by atoms with Gasteiger partial charge in [0.1, 0.15) is 0 Å². The highest BCUT2D eigenvalue weighted by Gasteiger charge is 2.14. The Labute approximate surface area is 197 Å². The summed E-state index contributed by atoms with van der Waals surface area (Å²) in [5.41, 5.74) is 10.5. The number of hydrogen-bond donors (Lipinski definition) is 3. The zero-order valence-corrected chi connectivity index (χ0v) is 19.0. The van der Waals surface area contributed by atoms with E-state index in [1.165, 1.54) is 5.69 Å². The fourth-order valence-corrected chi connectivity index (χ4v) is 4.32. The van der Waals surface area contributed by atoms with Crippen LogP contribution in [0.3, 0.4) is 0 Å². The van der Waals surface area contributed by atoms with E-state index in [1.54, 1.807) is 12.3 Å². The molecule has 7 heteroatoms. The van der Waals surface area contributed by atoms with E-state index in [9.17, 15) is 9.90 Å². The lowest BCUT2D eigenvalue weighted by Crippen LogP contribution is -2.44. The van der Waals surface area contributed by atoms with Crippen molar-refractivity contribution in [3.05, 3.63) is 82.6 Å². The van der Waals surface area contributed by atoms with Crippen LogP contribution < -0.4 is 16.2 Å². The number of aromatic nitrogens is 1. The van der Waals surface area contributed by atoms with Crippen LogP contribution in [0.1, 0.15) is 5.56 Å². The summed E-state index contributed by atoms with van der Waals surface area (Å²) in [5.74, 6) is -0.208. The second-order valence-corrected chi connectivity index (χ2v) is 8.67. The van der Waals surface area contributed by atoms with E-state index in [0.29, 0.717) is 22.0 Å². The first kappa shape index (κ1) is 21.7. The third-order valence-corrected chi connectivity index (χ3v) is 6.32. The van der Waals surface area contributed by atoms with E-state index in [0.717, 1.165) is 43.0 Å². The molecule has 4 N–H and O–H groups in total. The summed E-state index contributed by atoms with van der Waals surface area (Å²) in [7, 11) is 2.14. The summed E-state index contributed by atoms with van der Waals surface area (Å²) < 4.78 is 0. The Bertz CT molecular complexity index is 1420. The van der Waals surface area contributed by atoms with Gasteiger partial charge in [0.05, 0.1) is 11.3 Å². The lowest BCUT2D eigenvalue weighted by Gasteiger charge is -2.34. The molecule has 1 aromatic heterocycles. The molecule has 0 saturated carbocycles. The Kier molecular flexibility index (Phi) is 5.77. The standard InChI is InChI=1S/C27H27N5O2/c1-31-11-13-32(14-12-31)22-8-6-21(7-9-22)29-17-25-24-16-19(18-3-2-4-20(28)15-18)5-10-23(24)26(33)30-27(25)34/h2-10,15-17H,11-14,28H2,1H3,(H2,30,33,34). The fraction of sp³-hybridized carbons (Fsp3) is 0.185. The molecule has 1 fully saturated rings. The third-order valence-electron chi connectivity index (χ3n) is 6.32. The van der Waals surface area contributed by atoms with Gasteiger partial charge in [-0.25, -0.2) is 0 Å². The van der Waals surface area contributed by atoms with E-state index < -0.39 is 0 Å². The van der Waals surface area contributed by atoms with Gasteiger partial charge in [0, 0.05) is 54.5 Å². The first-order valence-corrected chi connectivity index (χ1v) is 11.3. The number of fused-ring (bicyclic) bond motifs is 1. The predicted molar refractivity (Wildman–Crippen MR) is 139 cm³/mol. The average molecular weight is 454 g/mol. The predicted octanol–water partition coefficient (Wildman–Crippen LogP) is 3.99. The number of nitrogens with zero attached hydrogens (tertiary/aromatic N) is 3. The highest BCUT2D eigenvalue weighted by molar-refractivity contribution is 6.03. The van der Waals surface area contributed by atoms with Crippen molar-refractivity contribution in [2.75, 3.05) is 43.9 Å². The number of benzene rings is 3. The number of nitrogen functional groups attached to an aromatic ring is 1. The number of nitrogens with two attached hydrogens (primary N) is 1. The molecule has 5 rings (SSSR count). The summed E-state index contributed by atoms with van der Waals surface area (Å²) in [6.07, 6.45) is 1.60. The Morgan fingerprint density at radius 3 is 2.41 bits per heavy atom. The number of rotatable bonds is 4. The monoisotopic (exact) mass is 453 g/mol. The van der Waals surface area contributed by atoms with Gasteiger partial charge in [-0.3, -0.25) is 14.8 Å². The normalized spacial score (nSPS) is 14.8. The van der Waals surface area contributed by atoms with Gasteiger partial charge >= 0.3 is 0 Å². The van der Waals surface area contributed by atoms with Crippen molar-refractivity contribution in [1.82, 2.24) is 9.88 Å². The number of likely N-dealkylation sites (N-methyl/N-ethyl adjacent to an activating group) is 1. The van der Waals surface area contributed by atoms with E-state index in [2.05, 4.69) is 39.0 Å². The van der Waals surface area contributed by atoms with Crippen molar-refractivity contribution in [3.8, 4) is 17.0 Å². The maximum Gasteiger partial charge on any atom is 0.258 e. The van der Waals surface area contributed by atoms with E-state index in [4.69, 9.17) is 5.73 Å². The minimum absolute atomic E-state index is 0.208. The number of pyridine rings is 1. The van der Waals surface area contributed by atoms with Crippen molar-refractivity contribution in [1.29, 1.82) is 0 Å². The van der Waals surface area contributed by atoms with Crippen molar-refractivity contribution in [2.24, 2.45) is 4.99 Å². The second kappa shape index (κ2) is 9.03. The Morgan fingerprint density at radius 1 is 0.941 bits per heavy atom. The number of H-pyrrole nitrogens is 1. The fourth-order valence-electron chi connectivity index (χ4n) is 4.32. The van der Waals surface area contributed by atoms with Crippen molar-refractivity contribution >= 4 is 34.0 Å². The number of piperazine rings is 1. The topological polar surface area (TPSA) is 98.0 Å². The highest BCUT2D eigenvalue weighted by Crippen LogP contribution is 2.29. The van der Waals surface area contributed by atoms with Gasteiger partial charge in [0.2, 0.25) is 5.88 Å². The first-order valence-electron chi connectivity index (χ1n) is 11.3. The average Bonchev–Trinajstić information content (AvgIpc) is 2.84. The summed E-state index contributed by atoms with van der Waals surface area (Å²) in [5, 5.41) is 11.6. The number of aliphatic imine (C=N–C) groups is 1. The smallest absolute Gasteiger partial charge is 0.258 e. The lowest BCUT2D eigenvalue weighted by molar-refractivity contribution is 0.313. The van der Waals surface area contributed by atoms with Gasteiger partial charge in [-0.2, -0.15) is 0 Å². The van der Waals surface area contributed by atoms with Crippen molar-refractivity contribution in [2.45, 2.75) is 0 Å². The quantitative estimate of drug-likeness (QED) is 0.321. The molecule has 7 nitrogen and oxygen atoms in total. The van der Waals surface area contributed by atoms with Gasteiger partial charge < -0.3 is 20.6 Å². The molecule has 0 amide bonds. The SMILES string of the molecule is CN1CCN(c2ccc(N=Cc3c(O)[nH]c(=O)c4ccc(-c5cccc(N)c5)cc34)cc2)CC1. The molecule has 1 aliphatic heterocycles. The largest absolute Gasteiger partial charge is 0.494 e. The Hall–Kier alpha value is -4.10. The Morgan fingerprint density at radius 2 is 1.68 bits per heavy atom. The van der Waals surface area contributed by atoms with E-state index in [1.807, 2.05) is 48.5 Å². The van der Waals surface area contributed by atoms with Crippen LogP contribution in [0.4, 0.5) is 17.1 Å². The summed E-state index contributed by atoms with van der Waals surface area (Å²) >= 11 is 0. The maximum atomic E-state index is 12.4. The Balaban J connectivity index is 1.48. The van der Waals surface area contributed by atoms with E-state index in [-0.39, 0.29) is 11.4 Å². The van der Waals surface area contributed by atoms with Crippen LogP contribution in [0.25, 0.3) is 21.9 Å². The van der Waals surface area contributed by atoms with Gasteiger partial charge in [-0.1, -0.05) is 18.2 Å². The van der Waals surface area contributed by atoms with Crippen LogP contribution in [0.15, 0.2) is 76.5 Å². The molecule has 0 aliphatic carbocycles. The molecule has 0 radical (unpaired) electrons. The molecular formula is C27H27N5O2.